The van der Waals surface area contributed by atoms with Gasteiger partial charge in [0.25, 0.3) is 0 Å². The summed E-state index contributed by atoms with van der Waals surface area (Å²) in [6, 6.07) is 46.2. The van der Waals surface area contributed by atoms with Gasteiger partial charge < -0.3 is 9.97 Å². The molecule has 0 spiro atoms. The molecule has 2 N–H and O–H groups in total. The topological polar surface area (TPSA) is 96.0 Å². The number of halogens is 5. The fraction of sp³-hybridized carbons (Fsp3) is 0. The largest absolute Gasteiger partial charge is 0.339 e. The second-order valence-corrected chi connectivity index (χ2v) is 16.8. The van der Waals surface area contributed by atoms with Gasteiger partial charge in [-0.1, -0.05) is 97.1 Å². The van der Waals surface area contributed by atoms with Gasteiger partial charge in [0.15, 0.2) is 40.7 Å². The van der Waals surface area contributed by atoms with Crippen molar-refractivity contribution >= 4 is 87.1 Å². The molecule has 12 heteroatoms. The zero-order valence-corrected chi connectivity index (χ0v) is 34.5. The summed E-state index contributed by atoms with van der Waals surface area (Å²) in [5.41, 5.74) is 1.63. The molecule has 0 aliphatic carbocycles. The smallest absolute Gasteiger partial charge is 0.200 e. The molecular formula is C55H26F5N7. The molecule has 9 aromatic carbocycles. The summed E-state index contributed by atoms with van der Waals surface area (Å²) < 4.78 is 79.8. The number of hydrogen-bond acceptors (Lipinski definition) is 5. The maximum Gasteiger partial charge on any atom is 0.200 e. The van der Waals surface area contributed by atoms with Crippen molar-refractivity contribution in [1.29, 1.82) is 0 Å². The van der Waals surface area contributed by atoms with Gasteiger partial charge in [-0.25, -0.2) is 46.9 Å². The Labute approximate surface area is 373 Å². The molecule has 316 valence electrons. The van der Waals surface area contributed by atoms with Crippen LogP contribution in [0.1, 0.15) is 0 Å². The molecule has 0 saturated carbocycles. The highest BCUT2D eigenvalue weighted by Gasteiger charge is 2.33. The fourth-order valence-electron chi connectivity index (χ4n) is 9.87. The minimum absolute atomic E-state index is 0.0132. The lowest BCUT2D eigenvalue weighted by Gasteiger charge is -2.12. The summed E-state index contributed by atoms with van der Waals surface area (Å²) in [7, 11) is 0. The Balaban J connectivity index is 1.26. The maximum absolute atomic E-state index is 16.8. The van der Waals surface area contributed by atoms with Crippen LogP contribution in [-0.4, -0.2) is 34.9 Å². The van der Waals surface area contributed by atoms with E-state index in [4.69, 9.17) is 24.9 Å². The average Bonchev–Trinajstić information content (AvgIpc) is 4.08. The van der Waals surface area contributed by atoms with Crippen molar-refractivity contribution in [3.05, 3.63) is 175 Å². The Bertz CT molecular complexity index is 4400. The third-order valence-electron chi connectivity index (χ3n) is 13.1. The molecule has 3 aromatic heterocycles. The van der Waals surface area contributed by atoms with Gasteiger partial charge in [-0.15, -0.1) is 0 Å². The molecular weight excluding hydrogens is 854 g/mol. The van der Waals surface area contributed by atoms with Crippen LogP contribution in [-0.2, 0) is 0 Å². The van der Waals surface area contributed by atoms with E-state index in [1.165, 1.54) is 0 Å². The number of fused-ring (bicyclic) bond motifs is 24. The molecule has 0 fully saturated rings. The predicted molar refractivity (Wildman–Crippen MR) is 254 cm³/mol. The van der Waals surface area contributed by atoms with Crippen LogP contribution in [0.2, 0.25) is 0 Å². The summed E-state index contributed by atoms with van der Waals surface area (Å²) in [6.07, 6.45) is 0. The van der Waals surface area contributed by atoms with Gasteiger partial charge in [-0.3, -0.25) is 0 Å². The van der Waals surface area contributed by atoms with Gasteiger partial charge in [0, 0.05) is 49.4 Å². The lowest BCUT2D eigenvalue weighted by molar-refractivity contribution is 0.381. The van der Waals surface area contributed by atoms with Gasteiger partial charge in [0.05, 0.1) is 16.8 Å². The fourth-order valence-corrected chi connectivity index (χ4v) is 9.87. The summed E-state index contributed by atoms with van der Waals surface area (Å²) >= 11 is 0. The van der Waals surface area contributed by atoms with Gasteiger partial charge in [0.2, 0.25) is 5.82 Å². The first-order valence-corrected chi connectivity index (χ1v) is 21.4. The second kappa shape index (κ2) is 13.6. The van der Waals surface area contributed by atoms with Gasteiger partial charge in [0.1, 0.15) is 16.9 Å². The predicted octanol–water partition coefficient (Wildman–Crippen LogP) is 14.4. The van der Waals surface area contributed by atoms with Gasteiger partial charge in [-0.05, 0) is 91.6 Å². The van der Waals surface area contributed by atoms with Crippen LogP contribution in [0.5, 0.6) is 0 Å². The van der Waals surface area contributed by atoms with Crippen LogP contribution in [0.25, 0.3) is 144 Å². The Morgan fingerprint density at radius 2 is 0.627 bits per heavy atom. The number of nitrogens with one attached hydrogen (secondary N) is 2. The number of aromatic nitrogens is 7. The van der Waals surface area contributed by atoms with E-state index < -0.39 is 34.6 Å². The van der Waals surface area contributed by atoms with Crippen molar-refractivity contribution in [1.82, 2.24) is 34.9 Å². The van der Waals surface area contributed by atoms with E-state index in [1.54, 1.807) is 6.07 Å². The molecule has 12 aromatic rings. The molecule has 0 unspecified atom stereocenters. The highest BCUT2D eigenvalue weighted by Crippen LogP contribution is 2.48. The minimum Gasteiger partial charge on any atom is -0.339 e. The highest BCUT2D eigenvalue weighted by atomic mass is 19.2. The van der Waals surface area contributed by atoms with E-state index in [9.17, 15) is 4.39 Å². The lowest BCUT2D eigenvalue weighted by atomic mass is 9.93. The zero-order chi connectivity index (χ0) is 44.8. The summed E-state index contributed by atoms with van der Waals surface area (Å²) in [4.78, 5) is 32.5. The molecule has 0 atom stereocenters. The van der Waals surface area contributed by atoms with E-state index in [-0.39, 0.29) is 34.1 Å². The Morgan fingerprint density at radius 3 is 1.07 bits per heavy atom. The molecule has 0 saturated heterocycles. The lowest BCUT2D eigenvalue weighted by Crippen LogP contribution is -2.05. The Kier molecular flexibility index (Phi) is 7.59. The molecule has 2 aliphatic rings. The molecule has 67 heavy (non-hydrogen) atoms. The number of nitrogens with zero attached hydrogens (tertiary/aromatic N) is 5. The van der Waals surface area contributed by atoms with E-state index in [0.717, 1.165) is 48.5 Å². The van der Waals surface area contributed by atoms with Gasteiger partial charge in [-0.2, -0.15) is 0 Å². The molecule has 7 nitrogen and oxygen atoms in total. The zero-order valence-electron chi connectivity index (χ0n) is 34.5. The molecule has 14 rings (SSSR count). The van der Waals surface area contributed by atoms with Crippen LogP contribution < -0.4 is 0 Å². The molecule has 2 aliphatic heterocycles. The van der Waals surface area contributed by atoms with E-state index in [2.05, 4.69) is 9.97 Å². The number of benzene rings is 9. The Morgan fingerprint density at radius 1 is 0.299 bits per heavy atom. The first kappa shape index (κ1) is 37.5. The summed E-state index contributed by atoms with van der Waals surface area (Å²) in [5.74, 6) is -9.74. The third kappa shape index (κ3) is 5.40. The molecule has 0 radical (unpaired) electrons. The number of hydrogen-bond donors (Lipinski definition) is 2. The van der Waals surface area contributed by atoms with Crippen molar-refractivity contribution in [2.75, 3.05) is 0 Å². The van der Waals surface area contributed by atoms with E-state index >= 15 is 17.6 Å². The Hall–Kier alpha value is -8.90. The van der Waals surface area contributed by atoms with Crippen LogP contribution in [0.3, 0.4) is 0 Å². The monoisotopic (exact) mass is 879 g/mol. The first-order valence-electron chi connectivity index (χ1n) is 21.4. The maximum atomic E-state index is 16.8. The number of H-pyrrole nitrogens is 2. The van der Waals surface area contributed by atoms with Crippen molar-refractivity contribution < 1.29 is 22.0 Å². The van der Waals surface area contributed by atoms with Crippen LogP contribution in [0, 0.1) is 29.1 Å². The van der Waals surface area contributed by atoms with Crippen LogP contribution >= 0.6 is 0 Å². The SMILES string of the molecule is Fc1c(F)c(F)c(-c2c3nc(nc4[nH]c(nc5nc(nc6[nH]c2c2cc7ccccc7cc62)-c2cc6ccccc6cc2-5)c2cc5ccccc5cc42)-c2cc4ccccc4cc2-3)c(F)c1F. The van der Waals surface area contributed by atoms with Crippen molar-refractivity contribution in [2.45, 2.75) is 0 Å². The quantitative estimate of drug-likeness (QED) is 0.0973. The van der Waals surface area contributed by atoms with Crippen molar-refractivity contribution in [3.63, 3.8) is 0 Å². The minimum atomic E-state index is -2.28. The summed E-state index contributed by atoms with van der Waals surface area (Å²) in [5, 5.41) is 9.19. The molecule has 5 heterocycles. The van der Waals surface area contributed by atoms with Crippen LogP contribution in [0.15, 0.2) is 146 Å². The normalized spacial score (nSPS) is 12.3. The first-order chi connectivity index (χ1) is 32.7. The number of rotatable bonds is 1. The van der Waals surface area contributed by atoms with E-state index in [0.29, 0.717) is 55.5 Å². The number of aromatic amines is 2. The standard InChI is InChI=1S/C55H26F5N7/c56-43-41(44(57)46(59)47(60)45(43)58)42-48-33-17-25-9-1-3-11-27(25)19-35(33)50(61-48)63-52-37-21-29-13-5-7-15-31(29)23-39(37)54(65-52)67-55-40-24-32-16-8-6-14-30(32)22-38(40)53(66-55)64-51-36-20-28-12-4-2-10-26(28)18-34(36)49(42)62-51/h1-24H,(H2,61,62,63,64,65,66,67). The highest BCUT2D eigenvalue weighted by molar-refractivity contribution is 6.18. The van der Waals surface area contributed by atoms with E-state index in [1.807, 2.05) is 140 Å². The van der Waals surface area contributed by atoms with Crippen LogP contribution in [0.4, 0.5) is 22.0 Å². The van der Waals surface area contributed by atoms with Crippen molar-refractivity contribution in [3.8, 4) is 56.5 Å². The van der Waals surface area contributed by atoms with Crippen molar-refractivity contribution in [2.24, 2.45) is 0 Å². The van der Waals surface area contributed by atoms with Gasteiger partial charge >= 0.3 is 0 Å². The molecule has 8 bridgehead atoms. The third-order valence-corrected chi connectivity index (χ3v) is 13.1. The summed E-state index contributed by atoms with van der Waals surface area (Å²) in [6.45, 7) is 0. The second-order valence-electron chi connectivity index (χ2n) is 16.8. The average molecular weight is 880 g/mol. The molecule has 0 amide bonds.